The van der Waals surface area contributed by atoms with Crippen LogP contribution in [0, 0.1) is 10.1 Å². The Hall–Kier alpha value is -1.94. The van der Waals surface area contributed by atoms with Gasteiger partial charge in [-0.05, 0) is 6.07 Å². The van der Waals surface area contributed by atoms with Gasteiger partial charge in [-0.3, -0.25) is 10.1 Å². The van der Waals surface area contributed by atoms with Crippen molar-refractivity contribution < 1.29 is 36.8 Å². The molecule has 1 atom stereocenters. The third-order valence-electron chi connectivity index (χ3n) is 2.24. The second kappa shape index (κ2) is 5.82. The Labute approximate surface area is 119 Å². The van der Waals surface area contributed by atoms with Gasteiger partial charge in [-0.1, -0.05) is 11.6 Å². The molecule has 0 aliphatic heterocycles. The van der Waals surface area contributed by atoms with Gasteiger partial charge in [0.05, 0.1) is 16.0 Å². The number of carbonyl (C=O) groups is 1. The summed E-state index contributed by atoms with van der Waals surface area (Å²) in [6.07, 6.45) is -5.70. The summed E-state index contributed by atoms with van der Waals surface area (Å²) >= 11 is 5.51. The van der Waals surface area contributed by atoms with Crippen molar-refractivity contribution >= 4 is 23.3 Å². The quantitative estimate of drug-likeness (QED) is 0.278. The molecule has 0 bridgehead atoms. The Morgan fingerprint density at radius 3 is 2.33 bits per heavy atom. The van der Waals surface area contributed by atoms with E-state index in [2.05, 4.69) is 9.47 Å². The average Bonchev–Trinajstić information content (AvgIpc) is 2.38. The Kier molecular flexibility index (Phi) is 4.74. The van der Waals surface area contributed by atoms with Crippen LogP contribution in [-0.2, 0) is 9.53 Å². The molecule has 0 saturated carbocycles. The van der Waals surface area contributed by atoms with Crippen LogP contribution in [0.25, 0.3) is 0 Å². The normalized spacial score (nSPS) is 14.4. The fourth-order valence-corrected chi connectivity index (χ4v) is 1.32. The number of nitrogens with zero attached hydrogens (tertiary/aromatic N) is 1. The molecule has 6 nitrogen and oxygen atoms in total. The van der Waals surface area contributed by atoms with Gasteiger partial charge in [0.2, 0.25) is 0 Å². The molecule has 0 amide bonds. The van der Waals surface area contributed by atoms with Gasteiger partial charge in [0.1, 0.15) is 0 Å². The molecule has 116 valence electrons. The highest BCUT2D eigenvalue weighted by molar-refractivity contribution is 6.32. The molecule has 0 spiro atoms. The van der Waals surface area contributed by atoms with Gasteiger partial charge >= 0.3 is 18.0 Å². The van der Waals surface area contributed by atoms with Gasteiger partial charge < -0.3 is 9.47 Å². The molecule has 0 heterocycles. The minimum atomic E-state index is -5.70. The van der Waals surface area contributed by atoms with Crippen molar-refractivity contribution in [1.82, 2.24) is 0 Å². The number of rotatable bonds is 4. The van der Waals surface area contributed by atoms with E-state index in [4.69, 9.17) is 11.6 Å². The molecule has 0 N–H and O–H groups in total. The van der Waals surface area contributed by atoms with Crippen molar-refractivity contribution in [2.45, 2.75) is 12.0 Å². The molecular formula is C10H6ClF4NO5. The van der Waals surface area contributed by atoms with Gasteiger partial charge in [-0.25, -0.2) is 4.79 Å². The van der Waals surface area contributed by atoms with E-state index in [0.29, 0.717) is 13.2 Å². The highest BCUT2D eigenvalue weighted by Crippen LogP contribution is 2.37. The molecule has 0 radical (unpaired) electrons. The number of carbonyl (C=O) groups excluding carboxylic acids is 1. The fourth-order valence-electron chi connectivity index (χ4n) is 1.16. The maximum atomic E-state index is 13.5. The molecule has 0 aliphatic carbocycles. The summed E-state index contributed by atoms with van der Waals surface area (Å²) in [6.45, 7) is 0. The number of ether oxygens (including phenoxy) is 2. The van der Waals surface area contributed by atoms with Crippen LogP contribution in [0.4, 0.5) is 23.2 Å². The fraction of sp³-hybridized carbons (Fsp3) is 0.300. The van der Waals surface area contributed by atoms with Gasteiger partial charge in [-0.2, -0.15) is 17.6 Å². The second-order valence-electron chi connectivity index (χ2n) is 3.56. The van der Waals surface area contributed by atoms with Crippen molar-refractivity contribution in [3.63, 3.8) is 0 Å². The maximum absolute atomic E-state index is 13.5. The first-order chi connectivity index (χ1) is 9.52. The third-order valence-corrected chi connectivity index (χ3v) is 2.55. The van der Waals surface area contributed by atoms with E-state index in [1.807, 2.05) is 0 Å². The summed E-state index contributed by atoms with van der Waals surface area (Å²) in [6, 6.07) is 2.40. The lowest BCUT2D eigenvalue weighted by Gasteiger charge is -2.23. The molecular weight excluding hydrogens is 326 g/mol. The highest BCUT2D eigenvalue weighted by atomic mass is 35.5. The topological polar surface area (TPSA) is 78.7 Å². The Balaban J connectivity index is 3.13. The van der Waals surface area contributed by atoms with Crippen molar-refractivity contribution in [3.8, 4) is 5.75 Å². The predicted molar refractivity (Wildman–Crippen MR) is 60.6 cm³/mol. The van der Waals surface area contributed by atoms with Crippen LogP contribution in [0.15, 0.2) is 18.2 Å². The van der Waals surface area contributed by atoms with E-state index in [1.165, 1.54) is 0 Å². The van der Waals surface area contributed by atoms with Crippen LogP contribution in [0.5, 0.6) is 5.75 Å². The summed E-state index contributed by atoms with van der Waals surface area (Å²) in [5.74, 6) is -7.99. The monoisotopic (exact) mass is 331 g/mol. The predicted octanol–water partition coefficient (Wildman–Crippen LogP) is 3.03. The molecule has 0 fully saturated rings. The molecule has 0 aromatic heterocycles. The highest BCUT2D eigenvalue weighted by Gasteiger charge is 2.65. The number of hydrogen-bond acceptors (Lipinski definition) is 5. The summed E-state index contributed by atoms with van der Waals surface area (Å²) in [5, 5.41) is 10.1. The number of benzene rings is 1. The largest absolute Gasteiger partial charge is 0.460 e. The van der Waals surface area contributed by atoms with Gasteiger partial charge in [0.25, 0.3) is 5.69 Å². The van der Waals surface area contributed by atoms with E-state index in [1.54, 1.807) is 0 Å². The zero-order valence-electron chi connectivity index (χ0n) is 10.1. The number of esters is 1. The smallest absolute Gasteiger partial charge is 0.420 e. The van der Waals surface area contributed by atoms with Crippen LogP contribution in [-0.4, -0.2) is 30.0 Å². The Morgan fingerprint density at radius 2 is 1.90 bits per heavy atom. The maximum Gasteiger partial charge on any atom is 0.460 e. The number of nitro benzene ring substituents is 1. The van der Waals surface area contributed by atoms with Crippen molar-refractivity contribution in [1.29, 1.82) is 0 Å². The summed E-state index contributed by atoms with van der Waals surface area (Å²) in [4.78, 5) is 20.9. The van der Waals surface area contributed by atoms with Gasteiger partial charge in [0, 0.05) is 13.2 Å². The molecule has 0 aliphatic rings. The zero-order valence-corrected chi connectivity index (χ0v) is 10.9. The summed E-state index contributed by atoms with van der Waals surface area (Å²) in [5.41, 5.74) is -0.615. The van der Waals surface area contributed by atoms with Crippen LogP contribution < -0.4 is 4.74 Å². The molecule has 1 unspecified atom stereocenters. The van der Waals surface area contributed by atoms with E-state index >= 15 is 0 Å². The standard InChI is InChI=1S/C10H6ClF4NO5/c1-20-9(12,10(13,14)15)8(17)21-7-4-5(16(18)19)2-3-6(7)11/h2-4H,1H3. The first-order valence-corrected chi connectivity index (χ1v) is 5.37. The lowest BCUT2D eigenvalue weighted by molar-refractivity contribution is -0.384. The number of methoxy groups -OCH3 is 1. The van der Waals surface area contributed by atoms with E-state index in [9.17, 15) is 32.5 Å². The molecule has 1 aromatic rings. The SMILES string of the molecule is COC(F)(C(=O)Oc1cc([N+](=O)[O-])ccc1Cl)C(F)(F)F. The lowest BCUT2D eigenvalue weighted by atomic mass is 10.3. The number of halogens is 5. The minimum Gasteiger partial charge on any atom is -0.420 e. The molecule has 1 rings (SSSR count). The second-order valence-corrected chi connectivity index (χ2v) is 3.97. The number of alkyl halides is 4. The summed E-state index contributed by atoms with van der Waals surface area (Å²) in [7, 11) is 0.309. The van der Waals surface area contributed by atoms with Crippen molar-refractivity contribution in [2.75, 3.05) is 7.11 Å². The first-order valence-electron chi connectivity index (χ1n) is 5.00. The third kappa shape index (κ3) is 3.39. The van der Waals surface area contributed by atoms with Crippen molar-refractivity contribution in [2.24, 2.45) is 0 Å². The number of non-ortho nitro benzene ring substituents is 1. The molecule has 11 heteroatoms. The van der Waals surface area contributed by atoms with E-state index in [-0.39, 0.29) is 0 Å². The minimum absolute atomic E-state index is 0.309. The van der Waals surface area contributed by atoms with E-state index in [0.717, 1.165) is 12.1 Å². The average molecular weight is 332 g/mol. The number of nitro groups is 1. The Bertz CT molecular complexity index is 579. The first kappa shape index (κ1) is 17.1. The number of hydrogen-bond donors (Lipinski definition) is 0. The van der Waals surface area contributed by atoms with Gasteiger partial charge in [0.15, 0.2) is 5.75 Å². The van der Waals surface area contributed by atoms with Crippen LogP contribution >= 0.6 is 11.6 Å². The molecule has 0 saturated heterocycles. The van der Waals surface area contributed by atoms with Crippen molar-refractivity contribution in [3.05, 3.63) is 33.3 Å². The zero-order chi connectivity index (χ0) is 16.4. The Morgan fingerprint density at radius 1 is 1.33 bits per heavy atom. The van der Waals surface area contributed by atoms with Crippen LogP contribution in [0.2, 0.25) is 5.02 Å². The molecule has 21 heavy (non-hydrogen) atoms. The summed E-state index contributed by atoms with van der Waals surface area (Å²) < 4.78 is 58.4. The lowest BCUT2D eigenvalue weighted by Crippen LogP contribution is -2.51. The van der Waals surface area contributed by atoms with Crippen LogP contribution in [0.1, 0.15) is 0 Å². The van der Waals surface area contributed by atoms with Crippen LogP contribution in [0.3, 0.4) is 0 Å². The molecule has 1 aromatic carbocycles. The van der Waals surface area contributed by atoms with E-state index < -0.39 is 39.4 Å². The van der Waals surface area contributed by atoms with Gasteiger partial charge in [-0.15, -0.1) is 0 Å².